The SMILES string of the molecule is O=C(I)c1c(Cl)cccc1Cl. The van der Waals surface area contributed by atoms with E-state index in [1.54, 1.807) is 40.8 Å². The molecule has 0 aliphatic carbocycles. The predicted molar refractivity (Wildman–Crippen MR) is 54.8 cm³/mol. The minimum absolute atomic E-state index is 0.141. The fourth-order valence-corrected chi connectivity index (χ4v) is 2.15. The molecular formula is C7H3Cl2IO. The Bertz CT molecular complexity index is 278. The van der Waals surface area contributed by atoms with Gasteiger partial charge in [-0.15, -0.1) is 0 Å². The van der Waals surface area contributed by atoms with Crippen LogP contribution in [0.25, 0.3) is 0 Å². The molecule has 1 nitrogen and oxygen atoms in total. The molecule has 4 heteroatoms. The number of halogens is 3. The van der Waals surface area contributed by atoms with Gasteiger partial charge in [-0.1, -0.05) is 29.3 Å². The van der Waals surface area contributed by atoms with Gasteiger partial charge in [0, 0.05) is 22.6 Å². The van der Waals surface area contributed by atoms with E-state index in [0.717, 1.165) is 0 Å². The summed E-state index contributed by atoms with van der Waals surface area (Å²) in [6, 6.07) is 4.98. The fraction of sp³-hybridized carbons (Fsp3) is 0. The fourth-order valence-electron chi connectivity index (χ4n) is 0.686. The van der Waals surface area contributed by atoms with E-state index in [4.69, 9.17) is 23.2 Å². The summed E-state index contributed by atoms with van der Waals surface area (Å²) in [4.78, 5) is 10.9. The molecule has 0 aliphatic heterocycles. The first-order valence-electron chi connectivity index (χ1n) is 2.77. The normalized spacial score (nSPS) is 9.73. The topological polar surface area (TPSA) is 17.1 Å². The highest BCUT2D eigenvalue weighted by Crippen LogP contribution is 2.26. The lowest BCUT2D eigenvalue weighted by molar-refractivity contribution is 0.110. The Balaban J connectivity index is 3.32. The van der Waals surface area contributed by atoms with Gasteiger partial charge in [0.05, 0.1) is 15.6 Å². The van der Waals surface area contributed by atoms with Crippen molar-refractivity contribution in [1.82, 2.24) is 0 Å². The average Bonchev–Trinajstić information content (AvgIpc) is 1.85. The van der Waals surface area contributed by atoms with Gasteiger partial charge in [0.2, 0.25) is 3.79 Å². The molecule has 0 amide bonds. The van der Waals surface area contributed by atoms with Crippen LogP contribution in [0.2, 0.25) is 10.0 Å². The number of rotatable bonds is 1. The predicted octanol–water partition coefficient (Wildman–Crippen LogP) is 3.57. The average molecular weight is 301 g/mol. The van der Waals surface area contributed by atoms with Crippen molar-refractivity contribution in [3.63, 3.8) is 0 Å². The van der Waals surface area contributed by atoms with Crippen molar-refractivity contribution in [2.45, 2.75) is 0 Å². The van der Waals surface area contributed by atoms with E-state index in [1.165, 1.54) is 0 Å². The van der Waals surface area contributed by atoms with Crippen LogP contribution in [0.3, 0.4) is 0 Å². The van der Waals surface area contributed by atoms with Crippen molar-refractivity contribution in [3.8, 4) is 0 Å². The molecule has 0 fully saturated rings. The summed E-state index contributed by atoms with van der Waals surface area (Å²) in [7, 11) is 0. The molecule has 0 unspecified atom stereocenters. The molecule has 0 atom stereocenters. The van der Waals surface area contributed by atoms with E-state index in [0.29, 0.717) is 15.6 Å². The largest absolute Gasteiger partial charge is 0.282 e. The number of carbonyl (C=O) groups excluding carboxylic acids is 1. The molecule has 0 aliphatic rings. The molecule has 0 saturated carbocycles. The summed E-state index contributed by atoms with van der Waals surface area (Å²) in [6.45, 7) is 0. The van der Waals surface area contributed by atoms with Crippen LogP contribution in [0.15, 0.2) is 18.2 Å². The summed E-state index contributed by atoms with van der Waals surface area (Å²) in [5.41, 5.74) is 0.386. The Hall–Kier alpha value is 0.200. The van der Waals surface area contributed by atoms with E-state index in [2.05, 4.69) is 0 Å². The Morgan fingerprint density at radius 1 is 1.27 bits per heavy atom. The van der Waals surface area contributed by atoms with Crippen molar-refractivity contribution in [2.75, 3.05) is 0 Å². The first-order chi connectivity index (χ1) is 5.13. The lowest BCUT2D eigenvalue weighted by Gasteiger charge is -1.99. The van der Waals surface area contributed by atoms with Crippen molar-refractivity contribution in [1.29, 1.82) is 0 Å². The highest BCUT2D eigenvalue weighted by molar-refractivity contribution is 14.1. The molecule has 0 heterocycles. The second-order valence-electron chi connectivity index (χ2n) is 1.87. The molecule has 0 bridgehead atoms. The van der Waals surface area contributed by atoms with Crippen LogP contribution in [0, 0.1) is 0 Å². The first-order valence-corrected chi connectivity index (χ1v) is 4.60. The monoisotopic (exact) mass is 300 g/mol. The van der Waals surface area contributed by atoms with Gasteiger partial charge in [0.15, 0.2) is 0 Å². The van der Waals surface area contributed by atoms with Crippen LogP contribution >= 0.6 is 45.8 Å². The molecule has 0 saturated heterocycles. The van der Waals surface area contributed by atoms with E-state index >= 15 is 0 Å². The van der Waals surface area contributed by atoms with Crippen LogP contribution in [-0.4, -0.2) is 3.79 Å². The maximum atomic E-state index is 10.9. The molecule has 58 valence electrons. The Morgan fingerprint density at radius 2 is 1.73 bits per heavy atom. The highest BCUT2D eigenvalue weighted by atomic mass is 127. The summed E-state index contributed by atoms with van der Waals surface area (Å²) >= 11 is 13.1. The third-order valence-electron chi connectivity index (χ3n) is 1.16. The van der Waals surface area contributed by atoms with Gasteiger partial charge in [0.1, 0.15) is 0 Å². The molecular weight excluding hydrogens is 298 g/mol. The zero-order valence-electron chi connectivity index (χ0n) is 5.27. The van der Waals surface area contributed by atoms with E-state index in [-0.39, 0.29) is 3.79 Å². The summed E-state index contributed by atoms with van der Waals surface area (Å²) in [5.74, 6) is 0. The third-order valence-corrected chi connectivity index (χ3v) is 2.33. The Morgan fingerprint density at radius 3 is 2.00 bits per heavy atom. The number of carbonyl (C=O) groups is 1. The highest BCUT2D eigenvalue weighted by Gasteiger charge is 2.10. The van der Waals surface area contributed by atoms with Gasteiger partial charge < -0.3 is 0 Å². The summed E-state index contributed by atoms with van der Waals surface area (Å²) < 4.78 is -0.141. The minimum Gasteiger partial charge on any atom is -0.282 e. The van der Waals surface area contributed by atoms with Gasteiger partial charge in [-0.2, -0.15) is 0 Å². The second kappa shape index (κ2) is 3.74. The number of hydrogen-bond donors (Lipinski definition) is 0. The first kappa shape index (κ1) is 9.29. The summed E-state index contributed by atoms with van der Waals surface area (Å²) in [6.07, 6.45) is 0. The van der Waals surface area contributed by atoms with Gasteiger partial charge in [0.25, 0.3) is 0 Å². The van der Waals surface area contributed by atoms with Crippen LogP contribution < -0.4 is 0 Å². The quantitative estimate of drug-likeness (QED) is 0.572. The standard InChI is InChI=1S/C7H3Cl2IO/c8-4-2-1-3-5(9)6(4)7(10)11/h1-3H. The second-order valence-corrected chi connectivity index (χ2v) is 3.66. The zero-order chi connectivity index (χ0) is 8.43. The van der Waals surface area contributed by atoms with Crippen molar-refractivity contribution >= 4 is 49.6 Å². The van der Waals surface area contributed by atoms with Gasteiger partial charge in [-0.05, 0) is 12.1 Å². The molecule has 11 heavy (non-hydrogen) atoms. The van der Waals surface area contributed by atoms with E-state index < -0.39 is 0 Å². The molecule has 1 rings (SSSR count). The lowest BCUT2D eigenvalue weighted by atomic mass is 10.2. The van der Waals surface area contributed by atoms with Gasteiger partial charge >= 0.3 is 0 Å². The van der Waals surface area contributed by atoms with E-state index in [9.17, 15) is 4.79 Å². The van der Waals surface area contributed by atoms with Crippen LogP contribution in [0.5, 0.6) is 0 Å². The minimum atomic E-state index is -0.141. The molecule has 0 N–H and O–H groups in total. The summed E-state index contributed by atoms with van der Waals surface area (Å²) in [5, 5.41) is 0.800. The van der Waals surface area contributed by atoms with Crippen LogP contribution in [0.4, 0.5) is 0 Å². The maximum absolute atomic E-state index is 10.9. The smallest absolute Gasteiger partial charge is 0.225 e. The van der Waals surface area contributed by atoms with Gasteiger partial charge in [-0.25, -0.2) is 0 Å². The molecule has 1 aromatic rings. The Labute approximate surface area is 87.8 Å². The van der Waals surface area contributed by atoms with Crippen LogP contribution in [0.1, 0.15) is 10.4 Å². The van der Waals surface area contributed by atoms with Crippen molar-refractivity contribution in [2.24, 2.45) is 0 Å². The van der Waals surface area contributed by atoms with Crippen LogP contribution in [-0.2, 0) is 0 Å². The van der Waals surface area contributed by atoms with Crippen molar-refractivity contribution in [3.05, 3.63) is 33.8 Å². The number of benzene rings is 1. The molecule has 0 spiro atoms. The Kier molecular flexibility index (Phi) is 3.16. The molecule has 0 radical (unpaired) electrons. The number of hydrogen-bond acceptors (Lipinski definition) is 1. The maximum Gasteiger partial charge on any atom is 0.225 e. The zero-order valence-corrected chi connectivity index (χ0v) is 8.94. The third kappa shape index (κ3) is 2.07. The van der Waals surface area contributed by atoms with Crippen molar-refractivity contribution < 1.29 is 4.79 Å². The lowest BCUT2D eigenvalue weighted by Crippen LogP contribution is -1.89. The molecule has 0 aromatic heterocycles. The molecule has 1 aromatic carbocycles. The van der Waals surface area contributed by atoms with E-state index in [1.807, 2.05) is 0 Å². The van der Waals surface area contributed by atoms with Gasteiger partial charge in [-0.3, -0.25) is 4.79 Å².